The van der Waals surface area contributed by atoms with Crippen LogP contribution in [0, 0.1) is 5.41 Å². The Labute approximate surface area is 121 Å². The van der Waals surface area contributed by atoms with Crippen molar-refractivity contribution in [2.75, 3.05) is 18.0 Å². The molecule has 0 aliphatic carbocycles. The standard InChI is InChI=1S/C16H25N3O/c1-16(2,3)11-15(20)18-12-13-6-7-17-14(10-13)19-8-4-5-9-19/h6-7,10H,4-5,8-9,11-12H2,1-3H3,(H,18,20). The Bertz CT molecular complexity index is 459. The molecule has 0 bridgehead atoms. The lowest BCUT2D eigenvalue weighted by Crippen LogP contribution is -2.27. The molecule has 0 unspecified atom stereocenters. The second-order valence-electron chi connectivity index (χ2n) is 6.73. The van der Waals surface area contributed by atoms with Gasteiger partial charge < -0.3 is 10.2 Å². The third-order valence-corrected chi connectivity index (χ3v) is 3.42. The number of pyridine rings is 1. The van der Waals surface area contributed by atoms with Crippen LogP contribution in [0.1, 0.15) is 45.6 Å². The van der Waals surface area contributed by atoms with Crippen LogP contribution in [0.5, 0.6) is 0 Å². The van der Waals surface area contributed by atoms with Crippen LogP contribution in [-0.2, 0) is 11.3 Å². The van der Waals surface area contributed by atoms with Gasteiger partial charge in [0.1, 0.15) is 5.82 Å². The topological polar surface area (TPSA) is 45.2 Å². The van der Waals surface area contributed by atoms with E-state index < -0.39 is 0 Å². The Kier molecular flexibility index (Phi) is 4.63. The molecule has 0 spiro atoms. The molecule has 1 aliphatic heterocycles. The summed E-state index contributed by atoms with van der Waals surface area (Å²) in [6.07, 6.45) is 4.87. The van der Waals surface area contributed by atoms with Gasteiger partial charge in [0.2, 0.25) is 5.91 Å². The van der Waals surface area contributed by atoms with Crippen LogP contribution in [0.25, 0.3) is 0 Å². The molecule has 20 heavy (non-hydrogen) atoms. The van der Waals surface area contributed by atoms with Gasteiger partial charge in [-0.15, -0.1) is 0 Å². The maximum atomic E-state index is 11.8. The lowest BCUT2D eigenvalue weighted by atomic mass is 9.92. The molecule has 1 aromatic rings. The van der Waals surface area contributed by atoms with Gasteiger partial charge in [0.25, 0.3) is 0 Å². The van der Waals surface area contributed by atoms with Gasteiger partial charge in [0.05, 0.1) is 0 Å². The van der Waals surface area contributed by atoms with Crippen LogP contribution in [0.15, 0.2) is 18.3 Å². The predicted octanol–water partition coefficient (Wildman–Crippen LogP) is 2.73. The molecule has 4 heteroatoms. The monoisotopic (exact) mass is 275 g/mol. The summed E-state index contributed by atoms with van der Waals surface area (Å²) in [4.78, 5) is 18.6. The van der Waals surface area contributed by atoms with Crippen molar-refractivity contribution in [1.29, 1.82) is 0 Å². The van der Waals surface area contributed by atoms with E-state index in [0.717, 1.165) is 24.5 Å². The van der Waals surface area contributed by atoms with E-state index in [0.29, 0.717) is 13.0 Å². The van der Waals surface area contributed by atoms with Gasteiger partial charge in [-0.25, -0.2) is 4.98 Å². The summed E-state index contributed by atoms with van der Waals surface area (Å²) in [5.74, 6) is 1.14. The van der Waals surface area contributed by atoms with E-state index in [9.17, 15) is 4.79 Å². The molecule has 1 aliphatic rings. The summed E-state index contributed by atoms with van der Waals surface area (Å²) in [5, 5.41) is 2.99. The Balaban J connectivity index is 1.90. The zero-order chi connectivity index (χ0) is 14.6. The molecule has 4 nitrogen and oxygen atoms in total. The maximum Gasteiger partial charge on any atom is 0.220 e. The number of nitrogens with zero attached hydrogens (tertiary/aromatic N) is 2. The Morgan fingerprint density at radius 1 is 1.35 bits per heavy atom. The first-order valence-electron chi connectivity index (χ1n) is 7.41. The van der Waals surface area contributed by atoms with Gasteiger partial charge in [-0.1, -0.05) is 20.8 Å². The number of carbonyl (C=O) groups excluding carboxylic acids is 1. The van der Waals surface area contributed by atoms with E-state index in [1.54, 1.807) is 0 Å². The minimum atomic E-state index is 0.0308. The fourth-order valence-corrected chi connectivity index (χ4v) is 2.43. The highest BCUT2D eigenvalue weighted by atomic mass is 16.1. The van der Waals surface area contributed by atoms with Crippen molar-refractivity contribution in [3.8, 4) is 0 Å². The smallest absolute Gasteiger partial charge is 0.220 e. The first kappa shape index (κ1) is 14.8. The molecule has 0 atom stereocenters. The molecule has 2 heterocycles. The molecule has 1 amide bonds. The number of aromatic nitrogens is 1. The van der Waals surface area contributed by atoms with Crippen molar-refractivity contribution in [2.45, 2.75) is 46.6 Å². The summed E-state index contributed by atoms with van der Waals surface area (Å²) in [6.45, 7) is 8.98. The van der Waals surface area contributed by atoms with Gasteiger partial charge in [-0.2, -0.15) is 0 Å². The third kappa shape index (κ3) is 4.51. The molecular weight excluding hydrogens is 250 g/mol. The summed E-state index contributed by atoms with van der Waals surface area (Å²) in [6, 6.07) is 4.06. The number of amides is 1. The molecule has 0 aromatic carbocycles. The van der Waals surface area contributed by atoms with E-state index in [1.807, 2.05) is 12.3 Å². The first-order chi connectivity index (χ1) is 9.44. The van der Waals surface area contributed by atoms with Crippen molar-refractivity contribution in [2.24, 2.45) is 5.41 Å². The van der Waals surface area contributed by atoms with E-state index in [-0.39, 0.29) is 11.3 Å². The number of hydrogen-bond donors (Lipinski definition) is 1. The van der Waals surface area contributed by atoms with Crippen LogP contribution < -0.4 is 10.2 Å². The average Bonchev–Trinajstić information content (AvgIpc) is 2.88. The molecule has 1 fully saturated rings. The second kappa shape index (κ2) is 6.25. The van der Waals surface area contributed by atoms with Crippen LogP contribution >= 0.6 is 0 Å². The molecule has 1 aromatic heterocycles. The van der Waals surface area contributed by atoms with Crippen molar-refractivity contribution >= 4 is 11.7 Å². The van der Waals surface area contributed by atoms with Crippen molar-refractivity contribution < 1.29 is 4.79 Å². The highest BCUT2D eigenvalue weighted by Crippen LogP contribution is 2.19. The second-order valence-corrected chi connectivity index (χ2v) is 6.73. The van der Waals surface area contributed by atoms with Gasteiger partial charge in [-0.3, -0.25) is 4.79 Å². The summed E-state index contributed by atoms with van der Waals surface area (Å²) < 4.78 is 0. The Morgan fingerprint density at radius 2 is 2.05 bits per heavy atom. The van der Waals surface area contributed by atoms with Crippen LogP contribution in [-0.4, -0.2) is 24.0 Å². The lowest BCUT2D eigenvalue weighted by molar-refractivity contribution is -0.122. The van der Waals surface area contributed by atoms with Crippen LogP contribution in [0.4, 0.5) is 5.82 Å². The third-order valence-electron chi connectivity index (χ3n) is 3.42. The van der Waals surface area contributed by atoms with E-state index in [2.05, 4.69) is 42.0 Å². The molecule has 1 saturated heterocycles. The average molecular weight is 275 g/mol. The normalized spacial score (nSPS) is 15.4. The first-order valence-corrected chi connectivity index (χ1v) is 7.41. The minimum Gasteiger partial charge on any atom is -0.357 e. The zero-order valence-corrected chi connectivity index (χ0v) is 12.8. The minimum absolute atomic E-state index is 0.0308. The van der Waals surface area contributed by atoms with Crippen LogP contribution in [0.3, 0.4) is 0 Å². The number of anilines is 1. The summed E-state index contributed by atoms with van der Waals surface area (Å²) in [5.41, 5.74) is 1.15. The number of carbonyl (C=O) groups is 1. The number of rotatable bonds is 4. The van der Waals surface area contributed by atoms with E-state index in [4.69, 9.17) is 0 Å². The zero-order valence-electron chi connectivity index (χ0n) is 12.8. The number of hydrogen-bond acceptors (Lipinski definition) is 3. The van der Waals surface area contributed by atoms with Crippen molar-refractivity contribution in [3.63, 3.8) is 0 Å². The lowest BCUT2D eigenvalue weighted by Gasteiger charge is -2.18. The predicted molar refractivity (Wildman–Crippen MR) is 81.6 cm³/mol. The van der Waals surface area contributed by atoms with Gasteiger partial charge >= 0.3 is 0 Å². The fraction of sp³-hybridized carbons (Fsp3) is 0.625. The van der Waals surface area contributed by atoms with Crippen molar-refractivity contribution in [3.05, 3.63) is 23.9 Å². The highest BCUT2D eigenvalue weighted by Gasteiger charge is 2.16. The van der Waals surface area contributed by atoms with E-state index in [1.165, 1.54) is 12.8 Å². The number of nitrogens with one attached hydrogen (secondary N) is 1. The van der Waals surface area contributed by atoms with Gasteiger partial charge in [0, 0.05) is 32.3 Å². The van der Waals surface area contributed by atoms with E-state index >= 15 is 0 Å². The SMILES string of the molecule is CC(C)(C)CC(=O)NCc1ccnc(N2CCCC2)c1. The fourth-order valence-electron chi connectivity index (χ4n) is 2.43. The van der Waals surface area contributed by atoms with Crippen molar-refractivity contribution in [1.82, 2.24) is 10.3 Å². The molecule has 0 radical (unpaired) electrons. The Hall–Kier alpha value is -1.58. The molecule has 2 rings (SSSR count). The molecule has 0 saturated carbocycles. The van der Waals surface area contributed by atoms with Gasteiger partial charge in [0.15, 0.2) is 0 Å². The molecule has 110 valence electrons. The molecular formula is C16H25N3O. The summed E-state index contributed by atoms with van der Waals surface area (Å²) >= 11 is 0. The quantitative estimate of drug-likeness (QED) is 0.919. The highest BCUT2D eigenvalue weighted by molar-refractivity contribution is 5.76. The van der Waals surface area contributed by atoms with Crippen LogP contribution in [0.2, 0.25) is 0 Å². The summed E-state index contributed by atoms with van der Waals surface area (Å²) in [7, 11) is 0. The Morgan fingerprint density at radius 3 is 2.70 bits per heavy atom. The molecule has 1 N–H and O–H groups in total. The maximum absolute atomic E-state index is 11.8. The van der Waals surface area contributed by atoms with Gasteiger partial charge in [-0.05, 0) is 36.0 Å². The largest absolute Gasteiger partial charge is 0.357 e.